The van der Waals surface area contributed by atoms with Gasteiger partial charge in [0.15, 0.2) is 0 Å². The van der Waals surface area contributed by atoms with E-state index in [9.17, 15) is 9.18 Å². The summed E-state index contributed by atoms with van der Waals surface area (Å²) in [6.07, 6.45) is 10.9. The highest BCUT2D eigenvalue weighted by Gasteiger charge is 2.07. The van der Waals surface area contributed by atoms with Gasteiger partial charge in [-0.05, 0) is 56.4 Å². The SMILES string of the molecule is CCCCCOC(C)CCCC=Cc1ccc(-c2ccc(=O)[nH]n2)c(F)c1. The molecule has 2 aromatic rings. The van der Waals surface area contributed by atoms with Gasteiger partial charge in [-0.15, -0.1) is 0 Å². The van der Waals surface area contributed by atoms with Gasteiger partial charge in [0.1, 0.15) is 5.82 Å². The maximum Gasteiger partial charge on any atom is 0.264 e. The van der Waals surface area contributed by atoms with E-state index in [4.69, 9.17) is 4.74 Å². The standard InChI is InChI=1S/C22H29FN2O2/c1-3-4-8-15-27-17(2)9-6-5-7-10-18-11-12-19(20(23)16-18)21-13-14-22(26)25-24-21/h7,10-14,16-17H,3-6,8-9,15H2,1-2H3,(H,25,26). The van der Waals surface area contributed by atoms with Crippen molar-refractivity contribution in [2.75, 3.05) is 6.61 Å². The Hall–Kier alpha value is -2.27. The van der Waals surface area contributed by atoms with Gasteiger partial charge in [-0.3, -0.25) is 4.79 Å². The van der Waals surface area contributed by atoms with Gasteiger partial charge in [-0.2, -0.15) is 5.10 Å². The topological polar surface area (TPSA) is 55.0 Å². The third-order valence-corrected chi connectivity index (χ3v) is 4.39. The van der Waals surface area contributed by atoms with Crippen LogP contribution in [0.2, 0.25) is 0 Å². The molecule has 4 nitrogen and oxygen atoms in total. The van der Waals surface area contributed by atoms with Gasteiger partial charge in [0.2, 0.25) is 0 Å². The van der Waals surface area contributed by atoms with Gasteiger partial charge in [-0.25, -0.2) is 9.49 Å². The lowest BCUT2D eigenvalue weighted by Gasteiger charge is -2.12. The van der Waals surface area contributed by atoms with Crippen molar-refractivity contribution in [3.63, 3.8) is 0 Å². The maximum atomic E-state index is 14.3. The van der Waals surface area contributed by atoms with Crippen molar-refractivity contribution >= 4 is 6.08 Å². The lowest BCUT2D eigenvalue weighted by Crippen LogP contribution is -2.08. The summed E-state index contributed by atoms with van der Waals surface area (Å²) in [5.41, 5.74) is 1.29. The Kier molecular flexibility index (Phi) is 8.92. The molecule has 146 valence electrons. The number of hydrogen-bond acceptors (Lipinski definition) is 3. The fraction of sp³-hybridized carbons (Fsp3) is 0.455. The lowest BCUT2D eigenvalue weighted by atomic mass is 10.1. The molecule has 0 fully saturated rings. The minimum absolute atomic E-state index is 0.289. The van der Waals surface area contributed by atoms with Crippen molar-refractivity contribution < 1.29 is 9.13 Å². The summed E-state index contributed by atoms with van der Waals surface area (Å²) in [6.45, 7) is 5.16. The average Bonchev–Trinajstić information content (AvgIpc) is 2.66. The summed E-state index contributed by atoms with van der Waals surface area (Å²) in [6, 6.07) is 7.86. The fourth-order valence-corrected chi connectivity index (χ4v) is 2.80. The minimum atomic E-state index is -0.356. The van der Waals surface area contributed by atoms with E-state index in [2.05, 4.69) is 30.1 Å². The van der Waals surface area contributed by atoms with Crippen LogP contribution in [0.5, 0.6) is 0 Å². The van der Waals surface area contributed by atoms with Crippen LogP contribution in [-0.2, 0) is 4.74 Å². The van der Waals surface area contributed by atoms with Crippen LogP contribution in [0.25, 0.3) is 17.3 Å². The van der Waals surface area contributed by atoms with Gasteiger partial charge in [0.25, 0.3) is 5.56 Å². The molecular formula is C22H29FN2O2. The second-order valence-electron chi connectivity index (χ2n) is 6.77. The number of rotatable bonds is 11. The Balaban J connectivity index is 1.78. The number of aromatic amines is 1. The molecule has 1 heterocycles. The molecule has 1 aromatic carbocycles. The first-order valence-corrected chi connectivity index (χ1v) is 9.74. The van der Waals surface area contributed by atoms with Gasteiger partial charge >= 0.3 is 0 Å². The summed E-state index contributed by atoms with van der Waals surface area (Å²) in [5.74, 6) is -0.356. The summed E-state index contributed by atoms with van der Waals surface area (Å²) in [5, 5.41) is 6.19. The lowest BCUT2D eigenvalue weighted by molar-refractivity contribution is 0.0566. The first-order valence-electron chi connectivity index (χ1n) is 9.74. The van der Waals surface area contributed by atoms with E-state index in [0.717, 1.165) is 37.9 Å². The third-order valence-electron chi connectivity index (χ3n) is 4.39. The smallest absolute Gasteiger partial charge is 0.264 e. The molecule has 0 bridgehead atoms. The molecule has 1 unspecified atom stereocenters. The quantitative estimate of drug-likeness (QED) is 0.541. The number of nitrogens with zero attached hydrogens (tertiary/aromatic N) is 1. The van der Waals surface area contributed by atoms with Gasteiger partial charge in [0.05, 0.1) is 11.8 Å². The normalized spacial score (nSPS) is 12.6. The minimum Gasteiger partial charge on any atom is -0.379 e. The molecule has 5 heteroatoms. The van der Waals surface area contributed by atoms with E-state index < -0.39 is 0 Å². The van der Waals surface area contributed by atoms with Crippen LogP contribution in [-0.4, -0.2) is 22.9 Å². The van der Waals surface area contributed by atoms with Crippen LogP contribution in [0, 0.1) is 5.82 Å². The molecule has 1 aromatic heterocycles. The van der Waals surface area contributed by atoms with Crippen molar-refractivity contribution in [3.8, 4) is 11.3 Å². The van der Waals surface area contributed by atoms with Crippen LogP contribution in [0.4, 0.5) is 4.39 Å². The van der Waals surface area contributed by atoms with E-state index in [1.165, 1.54) is 31.0 Å². The first-order chi connectivity index (χ1) is 13.1. The monoisotopic (exact) mass is 372 g/mol. The number of ether oxygens (including phenoxy) is 1. The molecule has 0 aliphatic heterocycles. The van der Waals surface area contributed by atoms with E-state index in [1.807, 2.05) is 12.1 Å². The van der Waals surface area contributed by atoms with Gasteiger partial charge < -0.3 is 4.74 Å². The number of nitrogens with one attached hydrogen (secondary N) is 1. The van der Waals surface area contributed by atoms with Crippen molar-refractivity contribution in [2.24, 2.45) is 0 Å². The maximum absolute atomic E-state index is 14.3. The second kappa shape index (κ2) is 11.4. The molecule has 0 saturated carbocycles. The summed E-state index contributed by atoms with van der Waals surface area (Å²) < 4.78 is 20.1. The number of benzene rings is 1. The second-order valence-corrected chi connectivity index (χ2v) is 6.77. The van der Waals surface area contributed by atoms with Crippen molar-refractivity contribution in [1.82, 2.24) is 10.2 Å². The molecule has 0 saturated heterocycles. The third kappa shape index (κ3) is 7.47. The van der Waals surface area contributed by atoms with Crippen LogP contribution in [0.1, 0.15) is 57.9 Å². The summed E-state index contributed by atoms with van der Waals surface area (Å²) in [7, 11) is 0. The molecule has 0 radical (unpaired) electrons. The van der Waals surface area contributed by atoms with Crippen molar-refractivity contribution in [3.05, 3.63) is 58.1 Å². The zero-order valence-corrected chi connectivity index (χ0v) is 16.2. The molecule has 0 amide bonds. The number of halogens is 1. The average molecular weight is 372 g/mol. The molecule has 0 aliphatic rings. The van der Waals surface area contributed by atoms with Crippen molar-refractivity contribution in [2.45, 2.75) is 58.5 Å². The van der Waals surface area contributed by atoms with Gasteiger partial charge in [0, 0.05) is 18.2 Å². The van der Waals surface area contributed by atoms with E-state index >= 15 is 0 Å². The molecule has 2 rings (SSSR count). The highest BCUT2D eigenvalue weighted by molar-refractivity contribution is 5.62. The van der Waals surface area contributed by atoms with E-state index in [0.29, 0.717) is 11.3 Å². The highest BCUT2D eigenvalue weighted by atomic mass is 19.1. The molecule has 0 aliphatic carbocycles. The zero-order chi connectivity index (χ0) is 19.5. The number of unbranched alkanes of at least 4 members (excludes halogenated alkanes) is 3. The van der Waals surface area contributed by atoms with Crippen LogP contribution in [0.3, 0.4) is 0 Å². The predicted octanol–water partition coefficient (Wildman–Crippen LogP) is 5.35. The zero-order valence-electron chi connectivity index (χ0n) is 16.2. The first kappa shape index (κ1) is 21.0. The summed E-state index contributed by atoms with van der Waals surface area (Å²) in [4.78, 5) is 11.1. The number of H-pyrrole nitrogens is 1. The Labute approximate surface area is 160 Å². The highest BCUT2D eigenvalue weighted by Crippen LogP contribution is 2.21. The molecule has 0 spiro atoms. The number of aromatic nitrogens is 2. The Morgan fingerprint density at radius 1 is 1.22 bits per heavy atom. The summed E-state index contributed by atoms with van der Waals surface area (Å²) >= 11 is 0. The number of allylic oxidation sites excluding steroid dienone is 1. The number of hydrogen-bond donors (Lipinski definition) is 1. The molecule has 1 atom stereocenters. The molecule has 27 heavy (non-hydrogen) atoms. The predicted molar refractivity (Wildman–Crippen MR) is 108 cm³/mol. The van der Waals surface area contributed by atoms with Gasteiger partial charge in [-0.1, -0.05) is 38.0 Å². The van der Waals surface area contributed by atoms with E-state index in [1.54, 1.807) is 6.07 Å². The van der Waals surface area contributed by atoms with Crippen molar-refractivity contribution in [1.29, 1.82) is 0 Å². The Morgan fingerprint density at radius 2 is 2.07 bits per heavy atom. The molecular weight excluding hydrogens is 343 g/mol. The molecule has 1 N–H and O–H groups in total. The Bertz CT molecular complexity index is 766. The Morgan fingerprint density at radius 3 is 2.78 bits per heavy atom. The largest absolute Gasteiger partial charge is 0.379 e. The van der Waals surface area contributed by atoms with Crippen LogP contribution in [0.15, 0.2) is 41.2 Å². The van der Waals surface area contributed by atoms with Crippen LogP contribution < -0.4 is 5.56 Å². The fourth-order valence-electron chi connectivity index (χ4n) is 2.80. The van der Waals surface area contributed by atoms with E-state index in [-0.39, 0.29) is 17.5 Å². The van der Waals surface area contributed by atoms with Crippen LogP contribution >= 0.6 is 0 Å².